The molecule has 2 N–H and O–H groups in total. The molecule has 5 nitrogen and oxygen atoms in total. The van der Waals surface area contributed by atoms with E-state index in [4.69, 9.17) is 10.2 Å². The molecule has 214 valence electrons. The molecule has 0 spiro atoms. The smallest absolute Gasteiger partial charge is 0.418 e. The van der Waals surface area contributed by atoms with Gasteiger partial charge in [-0.15, -0.1) is 0 Å². The fourth-order valence-corrected chi connectivity index (χ4v) is 4.62. The Kier molecular flexibility index (Phi) is 9.17. The van der Waals surface area contributed by atoms with Crippen LogP contribution in [0.1, 0.15) is 63.6 Å². The zero-order valence-electron chi connectivity index (χ0n) is 21.6. The third-order valence-electron chi connectivity index (χ3n) is 6.67. The van der Waals surface area contributed by atoms with Gasteiger partial charge in [0.05, 0.1) is 22.3 Å². The summed E-state index contributed by atoms with van der Waals surface area (Å²) >= 11 is 0. The Hall–Kier alpha value is -4.02. The number of alkyl halides is 6. The van der Waals surface area contributed by atoms with Gasteiger partial charge in [-0.3, -0.25) is 0 Å². The van der Waals surface area contributed by atoms with Crippen molar-refractivity contribution < 1.29 is 46.1 Å². The largest absolute Gasteiger partial charge is 0.478 e. The van der Waals surface area contributed by atoms with Gasteiger partial charge in [0.15, 0.2) is 0 Å². The van der Waals surface area contributed by atoms with Crippen molar-refractivity contribution in [2.45, 2.75) is 51.5 Å². The van der Waals surface area contributed by atoms with Crippen molar-refractivity contribution in [2.75, 3.05) is 11.4 Å². The number of nitrogens with zero attached hydrogens (tertiary/aromatic N) is 1. The highest BCUT2D eigenvalue weighted by Crippen LogP contribution is 2.40. The van der Waals surface area contributed by atoms with Crippen molar-refractivity contribution in [3.05, 3.63) is 88.5 Å². The molecule has 4 rings (SSSR count). The van der Waals surface area contributed by atoms with Crippen molar-refractivity contribution >= 4 is 17.6 Å². The summed E-state index contributed by atoms with van der Waals surface area (Å²) in [7, 11) is 0. The van der Waals surface area contributed by atoms with E-state index in [1.54, 1.807) is 36.1 Å². The average Bonchev–Trinajstić information content (AvgIpc) is 2.88. The molecular formula is C29H27F6NO4. The molecule has 40 heavy (non-hydrogen) atoms. The predicted octanol–water partition coefficient (Wildman–Crippen LogP) is 8.16. The van der Waals surface area contributed by atoms with E-state index in [0.29, 0.717) is 23.7 Å². The van der Waals surface area contributed by atoms with Gasteiger partial charge in [0.2, 0.25) is 0 Å². The molecule has 3 aromatic rings. The van der Waals surface area contributed by atoms with Gasteiger partial charge >= 0.3 is 24.3 Å². The van der Waals surface area contributed by atoms with Crippen LogP contribution in [-0.2, 0) is 12.4 Å². The molecule has 0 aliphatic carbocycles. The van der Waals surface area contributed by atoms with Crippen LogP contribution in [0, 0.1) is 6.92 Å². The number of carboxylic acid groups (broad SMARTS) is 2. The third kappa shape index (κ3) is 7.13. The Morgan fingerprint density at radius 3 is 1.85 bits per heavy atom. The lowest BCUT2D eigenvalue weighted by Crippen LogP contribution is -2.38. The van der Waals surface area contributed by atoms with E-state index in [1.807, 2.05) is 6.92 Å². The van der Waals surface area contributed by atoms with Crippen molar-refractivity contribution in [1.29, 1.82) is 0 Å². The standard InChI is InChI=1S/C15H11F3O2.C14H16F3NO2/c1-9-4-2-3-5-11(9)12-7-6-10(14(19)20)8-13(12)15(16,17)18;1-9-4-2-3-7-18(9)12-6-5-10(13(19)20)8-11(12)14(15,16)17/h2-8H,1H3,(H,19,20);5-6,8-9H,2-4,7H2,1H3,(H,19,20). The van der Waals surface area contributed by atoms with Crippen LogP contribution >= 0.6 is 0 Å². The summed E-state index contributed by atoms with van der Waals surface area (Å²) in [6.45, 7) is 4.17. The molecule has 0 radical (unpaired) electrons. The minimum atomic E-state index is -4.61. The molecule has 1 atom stereocenters. The Balaban J connectivity index is 0.000000220. The number of anilines is 1. The monoisotopic (exact) mass is 567 g/mol. The fraction of sp³-hybridized carbons (Fsp3) is 0.310. The van der Waals surface area contributed by atoms with E-state index in [9.17, 15) is 35.9 Å². The topological polar surface area (TPSA) is 77.8 Å². The van der Waals surface area contributed by atoms with Crippen LogP contribution < -0.4 is 4.90 Å². The molecule has 0 bridgehead atoms. The molecule has 0 aromatic heterocycles. The van der Waals surface area contributed by atoms with Crippen molar-refractivity contribution in [2.24, 2.45) is 0 Å². The molecule has 1 saturated heterocycles. The average molecular weight is 568 g/mol. The summed E-state index contributed by atoms with van der Waals surface area (Å²) in [4.78, 5) is 23.4. The molecule has 3 aromatic carbocycles. The summed E-state index contributed by atoms with van der Waals surface area (Å²) in [5.74, 6) is -2.74. The Bertz CT molecular complexity index is 1380. The first-order chi connectivity index (χ1) is 18.6. The fourth-order valence-electron chi connectivity index (χ4n) is 4.62. The molecule has 1 fully saturated rings. The van der Waals surface area contributed by atoms with Crippen LogP contribution in [0.2, 0.25) is 0 Å². The minimum Gasteiger partial charge on any atom is -0.478 e. The summed E-state index contributed by atoms with van der Waals surface area (Å²) in [5.41, 5.74) is -1.33. The maximum Gasteiger partial charge on any atom is 0.418 e. The second-order valence-electron chi connectivity index (χ2n) is 9.45. The van der Waals surface area contributed by atoms with E-state index in [0.717, 1.165) is 25.3 Å². The second kappa shape index (κ2) is 12.0. The number of aromatic carboxylic acids is 2. The van der Waals surface area contributed by atoms with Crippen LogP contribution in [0.3, 0.4) is 0 Å². The van der Waals surface area contributed by atoms with E-state index < -0.39 is 35.4 Å². The highest BCUT2D eigenvalue weighted by atomic mass is 19.4. The molecule has 1 heterocycles. The number of hydrogen-bond acceptors (Lipinski definition) is 3. The highest BCUT2D eigenvalue weighted by molar-refractivity contribution is 5.89. The molecule has 0 amide bonds. The van der Waals surface area contributed by atoms with E-state index in [2.05, 4.69) is 0 Å². The van der Waals surface area contributed by atoms with Crippen LogP contribution in [-0.4, -0.2) is 34.7 Å². The zero-order chi connectivity index (χ0) is 29.8. The Morgan fingerprint density at radius 2 is 1.32 bits per heavy atom. The van der Waals surface area contributed by atoms with E-state index in [-0.39, 0.29) is 28.4 Å². The van der Waals surface area contributed by atoms with E-state index >= 15 is 0 Å². The summed E-state index contributed by atoms with van der Waals surface area (Å²) < 4.78 is 78.8. The van der Waals surface area contributed by atoms with Gasteiger partial charge in [0.25, 0.3) is 0 Å². The Labute approximate surface area is 226 Å². The Morgan fingerprint density at radius 1 is 0.775 bits per heavy atom. The third-order valence-corrected chi connectivity index (χ3v) is 6.67. The van der Waals surface area contributed by atoms with E-state index in [1.165, 1.54) is 24.3 Å². The number of piperidine rings is 1. The first-order valence-electron chi connectivity index (χ1n) is 12.3. The number of hydrogen-bond donors (Lipinski definition) is 2. The first kappa shape index (κ1) is 30.5. The summed E-state index contributed by atoms with van der Waals surface area (Å²) in [6, 6.07) is 13.0. The van der Waals surface area contributed by atoms with Crippen molar-refractivity contribution in [3.8, 4) is 11.1 Å². The number of aryl methyl sites for hydroxylation is 1. The number of carboxylic acids is 2. The van der Waals surface area contributed by atoms with Crippen molar-refractivity contribution in [1.82, 2.24) is 0 Å². The second-order valence-corrected chi connectivity index (χ2v) is 9.45. The maximum absolute atomic E-state index is 13.2. The van der Waals surface area contributed by atoms with Gasteiger partial charge in [-0.1, -0.05) is 30.3 Å². The summed E-state index contributed by atoms with van der Waals surface area (Å²) in [6.07, 6.45) is -6.46. The highest BCUT2D eigenvalue weighted by Gasteiger charge is 2.37. The lowest BCUT2D eigenvalue weighted by Gasteiger charge is -2.37. The normalized spacial score (nSPS) is 15.7. The van der Waals surface area contributed by atoms with Gasteiger partial charge in [-0.25, -0.2) is 9.59 Å². The zero-order valence-corrected chi connectivity index (χ0v) is 21.6. The van der Waals surface area contributed by atoms with Gasteiger partial charge in [0.1, 0.15) is 0 Å². The quantitative estimate of drug-likeness (QED) is 0.311. The van der Waals surface area contributed by atoms with Gasteiger partial charge < -0.3 is 15.1 Å². The van der Waals surface area contributed by atoms with Crippen LogP contribution in [0.15, 0.2) is 60.7 Å². The van der Waals surface area contributed by atoms with Crippen LogP contribution in [0.25, 0.3) is 11.1 Å². The van der Waals surface area contributed by atoms with Crippen LogP contribution in [0.5, 0.6) is 0 Å². The number of benzene rings is 3. The molecule has 11 heteroatoms. The lowest BCUT2D eigenvalue weighted by atomic mass is 9.94. The maximum atomic E-state index is 13.2. The molecule has 1 aliphatic rings. The minimum absolute atomic E-state index is 0.0133. The first-order valence-corrected chi connectivity index (χ1v) is 12.3. The van der Waals surface area contributed by atoms with Gasteiger partial charge in [-0.05, 0) is 80.1 Å². The predicted molar refractivity (Wildman–Crippen MR) is 138 cm³/mol. The molecule has 1 aliphatic heterocycles. The van der Waals surface area contributed by atoms with Gasteiger partial charge in [0, 0.05) is 18.3 Å². The van der Waals surface area contributed by atoms with Crippen molar-refractivity contribution in [3.63, 3.8) is 0 Å². The number of carbonyl (C=O) groups is 2. The molecule has 1 unspecified atom stereocenters. The number of rotatable bonds is 4. The SMILES string of the molecule is CC1CCCCN1c1ccc(C(=O)O)cc1C(F)(F)F.Cc1ccccc1-c1ccc(C(=O)O)cc1C(F)(F)F. The molecular weight excluding hydrogens is 540 g/mol. The molecule has 0 saturated carbocycles. The lowest BCUT2D eigenvalue weighted by molar-refractivity contribution is -0.138. The number of halogens is 6. The summed E-state index contributed by atoms with van der Waals surface area (Å²) in [5, 5.41) is 17.7. The van der Waals surface area contributed by atoms with Gasteiger partial charge in [-0.2, -0.15) is 26.3 Å². The van der Waals surface area contributed by atoms with Crippen LogP contribution in [0.4, 0.5) is 32.0 Å².